The molecule has 146 valence electrons. The van der Waals surface area contributed by atoms with E-state index in [9.17, 15) is 9.59 Å². The van der Waals surface area contributed by atoms with Crippen molar-refractivity contribution < 1.29 is 28.5 Å². The fourth-order valence-electron chi connectivity index (χ4n) is 2.95. The van der Waals surface area contributed by atoms with Gasteiger partial charge in [-0.2, -0.15) is 0 Å². The Kier molecular flexibility index (Phi) is 6.87. The quantitative estimate of drug-likeness (QED) is 0.678. The second kappa shape index (κ2) is 9.12. The van der Waals surface area contributed by atoms with Crippen LogP contribution in [0.1, 0.15) is 25.3 Å². The number of carbonyl (C=O) groups is 2. The van der Waals surface area contributed by atoms with Gasteiger partial charge in [0.1, 0.15) is 0 Å². The van der Waals surface area contributed by atoms with Crippen molar-refractivity contribution in [2.75, 3.05) is 34.5 Å². The van der Waals surface area contributed by atoms with Crippen LogP contribution in [0.25, 0.3) is 0 Å². The van der Waals surface area contributed by atoms with Gasteiger partial charge < -0.3 is 23.8 Å². The lowest BCUT2D eigenvalue weighted by Crippen LogP contribution is -2.28. The first-order chi connectivity index (χ1) is 13.0. The van der Waals surface area contributed by atoms with Crippen LogP contribution in [0.5, 0.6) is 11.5 Å². The Morgan fingerprint density at radius 3 is 1.89 bits per heavy atom. The highest BCUT2D eigenvalue weighted by molar-refractivity contribution is 5.98. The van der Waals surface area contributed by atoms with Gasteiger partial charge in [-0.25, -0.2) is 9.59 Å². The zero-order valence-corrected chi connectivity index (χ0v) is 16.3. The lowest BCUT2D eigenvalue weighted by molar-refractivity contribution is -0.139. The summed E-state index contributed by atoms with van der Waals surface area (Å²) in [6.45, 7) is 3.94. The minimum absolute atomic E-state index is 0.233. The zero-order valence-electron chi connectivity index (χ0n) is 16.3. The predicted octanol–water partition coefficient (Wildman–Crippen LogP) is 2.63. The minimum atomic E-state index is -0.640. The second-order valence-electron chi connectivity index (χ2n) is 5.82. The van der Waals surface area contributed by atoms with Crippen LogP contribution in [0.3, 0.4) is 0 Å². The molecule has 0 radical (unpaired) electrons. The van der Waals surface area contributed by atoms with Crippen LogP contribution in [-0.2, 0) is 19.1 Å². The monoisotopic (exact) mass is 375 g/mol. The lowest BCUT2D eigenvalue weighted by atomic mass is 9.83. The van der Waals surface area contributed by atoms with E-state index < -0.39 is 17.9 Å². The fraction of sp³-hybridized carbons (Fsp3) is 0.400. The molecule has 0 fully saturated rings. The first-order valence-electron chi connectivity index (χ1n) is 8.68. The van der Waals surface area contributed by atoms with Crippen LogP contribution < -0.4 is 9.47 Å². The van der Waals surface area contributed by atoms with E-state index in [-0.39, 0.29) is 13.2 Å². The van der Waals surface area contributed by atoms with Crippen LogP contribution in [0.15, 0.2) is 41.7 Å². The lowest BCUT2D eigenvalue weighted by Gasteiger charge is -2.28. The van der Waals surface area contributed by atoms with E-state index in [2.05, 4.69) is 0 Å². The van der Waals surface area contributed by atoms with Crippen LogP contribution in [0.4, 0.5) is 0 Å². The summed E-state index contributed by atoms with van der Waals surface area (Å²) < 4.78 is 21.0. The summed E-state index contributed by atoms with van der Waals surface area (Å²) in [6, 6.07) is 5.27. The third kappa shape index (κ3) is 4.42. The molecular formula is C20H25NO6. The smallest absolute Gasteiger partial charge is 0.336 e. The number of carbonyl (C=O) groups excluding carboxylic acids is 2. The maximum atomic E-state index is 12.6. The highest BCUT2D eigenvalue weighted by Gasteiger charge is 2.35. The molecule has 0 bridgehead atoms. The third-order valence-electron chi connectivity index (χ3n) is 4.07. The van der Waals surface area contributed by atoms with Crippen molar-refractivity contribution in [3.8, 4) is 11.5 Å². The molecule has 1 heterocycles. The first-order valence-corrected chi connectivity index (χ1v) is 8.68. The Bertz CT molecular complexity index is 732. The Morgan fingerprint density at radius 1 is 0.926 bits per heavy atom. The Labute approximate surface area is 159 Å². The SMILES string of the molecule is CCOC(=O)C1=CN(C)C=C(C(=O)OCC)C1c1ccc(OC)c(OC)c1. The number of nitrogens with zero attached hydrogens (tertiary/aromatic N) is 1. The van der Waals surface area contributed by atoms with E-state index in [1.54, 1.807) is 63.5 Å². The largest absolute Gasteiger partial charge is 0.493 e. The van der Waals surface area contributed by atoms with E-state index in [0.29, 0.717) is 28.2 Å². The van der Waals surface area contributed by atoms with Crippen molar-refractivity contribution in [3.63, 3.8) is 0 Å². The summed E-state index contributed by atoms with van der Waals surface area (Å²) in [5.74, 6) is -0.560. The molecule has 0 N–H and O–H groups in total. The molecule has 1 aromatic rings. The van der Waals surface area contributed by atoms with Gasteiger partial charge in [0, 0.05) is 19.4 Å². The van der Waals surface area contributed by atoms with Gasteiger partial charge in [-0.05, 0) is 31.5 Å². The van der Waals surface area contributed by atoms with Gasteiger partial charge in [0.15, 0.2) is 11.5 Å². The molecule has 0 aliphatic carbocycles. The topological polar surface area (TPSA) is 74.3 Å². The van der Waals surface area contributed by atoms with Crippen LogP contribution in [0, 0.1) is 0 Å². The van der Waals surface area contributed by atoms with Crippen molar-refractivity contribution >= 4 is 11.9 Å². The predicted molar refractivity (Wildman–Crippen MR) is 99.5 cm³/mol. The van der Waals surface area contributed by atoms with Gasteiger partial charge in [-0.3, -0.25) is 0 Å². The molecule has 1 aliphatic rings. The van der Waals surface area contributed by atoms with E-state index in [1.165, 1.54) is 7.11 Å². The van der Waals surface area contributed by atoms with Gasteiger partial charge in [-0.1, -0.05) is 6.07 Å². The number of rotatable bonds is 7. The van der Waals surface area contributed by atoms with Crippen molar-refractivity contribution in [1.29, 1.82) is 0 Å². The maximum absolute atomic E-state index is 12.6. The number of hydrogen-bond donors (Lipinski definition) is 0. The number of methoxy groups -OCH3 is 2. The minimum Gasteiger partial charge on any atom is -0.493 e. The molecule has 0 saturated carbocycles. The van der Waals surface area contributed by atoms with Crippen molar-refractivity contribution in [2.24, 2.45) is 0 Å². The van der Waals surface area contributed by atoms with Crippen LogP contribution in [0.2, 0.25) is 0 Å². The highest BCUT2D eigenvalue weighted by atomic mass is 16.5. The number of benzene rings is 1. The molecule has 0 saturated heterocycles. The van der Waals surface area contributed by atoms with Gasteiger partial charge in [0.05, 0.1) is 44.5 Å². The van der Waals surface area contributed by atoms with Gasteiger partial charge >= 0.3 is 11.9 Å². The molecule has 1 aliphatic heterocycles. The molecule has 0 spiro atoms. The summed E-state index contributed by atoms with van der Waals surface area (Å²) >= 11 is 0. The molecule has 27 heavy (non-hydrogen) atoms. The summed E-state index contributed by atoms with van der Waals surface area (Å²) in [5.41, 5.74) is 1.38. The first kappa shape index (κ1) is 20.4. The van der Waals surface area contributed by atoms with E-state index in [0.717, 1.165) is 0 Å². The summed E-state index contributed by atoms with van der Waals surface area (Å²) in [4.78, 5) is 26.8. The Morgan fingerprint density at radius 2 is 1.44 bits per heavy atom. The van der Waals surface area contributed by atoms with Gasteiger partial charge in [-0.15, -0.1) is 0 Å². The zero-order chi connectivity index (χ0) is 20.0. The van der Waals surface area contributed by atoms with E-state index >= 15 is 0 Å². The normalized spacial score (nSPS) is 14.2. The molecule has 0 atom stereocenters. The molecule has 0 unspecified atom stereocenters. The summed E-state index contributed by atoms with van der Waals surface area (Å²) in [5, 5.41) is 0. The third-order valence-corrected chi connectivity index (χ3v) is 4.07. The number of hydrogen-bond acceptors (Lipinski definition) is 7. The average molecular weight is 375 g/mol. The Balaban J connectivity index is 2.58. The second-order valence-corrected chi connectivity index (χ2v) is 5.82. The summed E-state index contributed by atoms with van der Waals surface area (Å²) in [6.07, 6.45) is 3.31. The molecule has 7 heteroatoms. The molecule has 0 amide bonds. The van der Waals surface area contributed by atoms with Crippen LogP contribution in [-0.4, -0.2) is 51.3 Å². The van der Waals surface area contributed by atoms with Crippen molar-refractivity contribution in [2.45, 2.75) is 19.8 Å². The van der Waals surface area contributed by atoms with Crippen LogP contribution >= 0.6 is 0 Å². The van der Waals surface area contributed by atoms with Gasteiger partial charge in [0.25, 0.3) is 0 Å². The Hall–Kier alpha value is -2.96. The summed E-state index contributed by atoms with van der Waals surface area (Å²) in [7, 11) is 4.81. The fourth-order valence-corrected chi connectivity index (χ4v) is 2.95. The van der Waals surface area contributed by atoms with Crippen molar-refractivity contribution in [1.82, 2.24) is 4.90 Å². The average Bonchev–Trinajstić information content (AvgIpc) is 2.67. The number of ether oxygens (including phenoxy) is 4. The standard InChI is InChI=1S/C20H25NO6/c1-6-26-19(22)14-11-21(3)12-15(20(23)27-7-2)18(14)13-8-9-16(24-4)17(10-13)25-5/h8-12,18H,6-7H2,1-5H3. The molecule has 7 nitrogen and oxygen atoms in total. The van der Waals surface area contributed by atoms with Gasteiger partial charge in [0.2, 0.25) is 0 Å². The highest BCUT2D eigenvalue weighted by Crippen LogP contribution is 2.40. The van der Waals surface area contributed by atoms with E-state index in [1.807, 2.05) is 0 Å². The molecule has 2 rings (SSSR count). The molecule has 1 aromatic carbocycles. The van der Waals surface area contributed by atoms with Crippen molar-refractivity contribution in [3.05, 3.63) is 47.3 Å². The maximum Gasteiger partial charge on any atom is 0.336 e. The molecular weight excluding hydrogens is 350 g/mol. The molecule has 0 aromatic heterocycles. The number of esters is 2. The van der Waals surface area contributed by atoms with E-state index in [4.69, 9.17) is 18.9 Å².